The number of esters is 2. The van der Waals surface area contributed by atoms with E-state index in [9.17, 15) is 29.2 Å². The van der Waals surface area contributed by atoms with Crippen LogP contribution in [0.25, 0.3) is 22.3 Å². The highest BCUT2D eigenvalue weighted by Crippen LogP contribution is 2.47. The van der Waals surface area contributed by atoms with E-state index >= 15 is 0 Å². The van der Waals surface area contributed by atoms with Crippen LogP contribution in [-0.4, -0.2) is 59.5 Å². The first kappa shape index (κ1) is 40.9. The van der Waals surface area contributed by atoms with Crippen molar-refractivity contribution in [2.24, 2.45) is 0 Å². The van der Waals surface area contributed by atoms with E-state index < -0.39 is 54.7 Å². The summed E-state index contributed by atoms with van der Waals surface area (Å²) in [5, 5.41) is 15.3. The molecule has 0 saturated carbocycles. The normalized spacial score (nSPS) is 17.6. The zero-order valence-corrected chi connectivity index (χ0v) is 34.1. The van der Waals surface area contributed by atoms with Gasteiger partial charge in [0.25, 0.3) is 5.56 Å². The summed E-state index contributed by atoms with van der Waals surface area (Å²) in [6.07, 6.45) is -0.195. The minimum Gasteiger partial charge on any atom is -0.458 e. The van der Waals surface area contributed by atoms with Crippen LogP contribution in [0.3, 0.4) is 0 Å². The molecule has 14 nitrogen and oxygen atoms in total. The Labute approximate surface area is 321 Å². The largest absolute Gasteiger partial charge is 0.458 e. The van der Waals surface area contributed by atoms with Gasteiger partial charge in [-0.05, 0) is 91.1 Å². The molecule has 2 amide bonds. The SMILES string of the molecule is CCC1(OC(=O)CCCNC(=O)OC(C)(C)C)C(=O)OC([Si](C)(C)CCCC#N)c2c1cc1n(c2=O)Cc2cc3cc(NC(=O)OC(C)(C)C)ccc3nc2-1. The molecule has 0 spiro atoms. The number of benzene rings is 1. The number of carbonyl (C=O) groups excluding carboxylic acids is 4. The molecule has 2 atom stereocenters. The van der Waals surface area contributed by atoms with Crippen molar-refractivity contribution in [2.75, 3.05) is 11.9 Å². The predicted molar refractivity (Wildman–Crippen MR) is 208 cm³/mol. The molecule has 1 aromatic carbocycles. The second-order valence-electron chi connectivity index (χ2n) is 16.8. The van der Waals surface area contributed by atoms with E-state index in [1.54, 1.807) is 77.3 Å². The number of fused-ring (bicyclic) bond motifs is 5. The molecule has 0 aliphatic carbocycles. The molecule has 0 saturated heterocycles. The Morgan fingerprint density at radius 1 is 1.04 bits per heavy atom. The van der Waals surface area contributed by atoms with Gasteiger partial charge in [-0.2, -0.15) is 5.26 Å². The summed E-state index contributed by atoms with van der Waals surface area (Å²) >= 11 is 0. The maximum atomic E-state index is 14.8. The Hall–Kier alpha value is -5.23. The highest BCUT2D eigenvalue weighted by atomic mass is 28.3. The van der Waals surface area contributed by atoms with Crippen molar-refractivity contribution in [3.63, 3.8) is 0 Å². The first-order chi connectivity index (χ1) is 25.7. The van der Waals surface area contributed by atoms with E-state index in [1.165, 1.54) is 0 Å². The molecular formula is C40H51N5O9Si. The maximum absolute atomic E-state index is 14.8. The van der Waals surface area contributed by atoms with Crippen LogP contribution in [0.4, 0.5) is 15.3 Å². The van der Waals surface area contributed by atoms with Gasteiger partial charge in [-0.15, -0.1) is 0 Å². The fraction of sp³-hybridized carbons (Fsp3) is 0.525. The van der Waals surface area contributed by atoms with E-state index in [1.807, 2.05) is 19.2 Å². The molecule has 2 aliphatic rings. The Kier molecular flexibility index (Phi) is 11.5. The molecule has 2 unspecified atom stereocenters. The van der Waals surface area contributed by atoms with Gasteiger partial charge in [0.05, 0.1) is 35.1 Å². The number of alkyl carbamates (subject to hydrolysis) is 1. The number of ether oxygens (including phenoxy) is 4. The molecule has 294 valence electrons. The lowest BCUT2D eigenvalue weighted by Gasteiger charge is -2.43. The molecule has 0 radical (unpaired) electrons. The van der Waals surface area contributed by atoms with Crippen molar-refractivity contribution in [2.45, 2.75) is 129 Å². The second kappa shape index (κ2) is 15.5. The van der Waals surface area contributed by atoms with Gasteiger partial charge in [0.2, 0.25) is 5.60 Å². The van der Waals surface area contributed by atoms with Gasteiger partial charge >= 0.3 is 24.1 Å². The topological polar surface area (TPSA) is 188 Å². The van der Waals surface area contributed by atoms with Crippen LogP contribution < -0.4 is 16.2 Å². The summed E-state index contributed by atoms with van der Waals surface area (Å²) in [5.74, 6) is -1.45. The summed E-state index contributed by atoms with van der Waals surface area (Å²) in [6, 6.07) is 11.7. The third-order valence-corrected chi connectivity index (χ3v) is 13.0. The molecule has 15 heteroatoms. The number of hydrogen-bond donors (Lipinski definition) is 2. The smallest absolute Gasteiger partial charge is 0.412 e. The monoisotopic (exact) mass is 773 g/mol. The second-order valence-corrected chi connectivity index (χ2v) is 21.8. The lowest BCUT2D eigenvalue weighted by molar-refractivity contribution is -0.190. The molecule has 4 heterocycles. The molecular weight excluding hydrogens is 723 g/mol. The van der Waals surface area contributed by atoms with Gasteiger partial charge in [-0.3, -0.25) is 14.9 Å². The Bertz CT molecular complexity index is 2130. The van der Waals surface area contributed by atoms with Crippen LogP contribution >= 0.6 is 0 Å². The quantitative estimate of drug-likeness (QED) is 0.0670. The predicted octanol–water partition coefficient (Wildman–Crippen LogP) is 7.37. The van der Waals surface area contributed by atoms with Gasteiger partial charge in [0.15, 0.2) is 0 Å². The summed E-state index contributed by atoms with van der Waals surface area (Å²) < 4.78 is 24.5. The minimum atomic E-state index is -2.58. The number of nitriles is 1. The summed E-state index contributed by atoms with van der Waals surface area (Å²) in [7, 11) is -2.58. The molecule has 2 aliphatic heterocycles. The number of nitrogens with zero attached hydrogens (tertiary/aromatic N) is 3. The van der Waals surface area contributed by atoms with E-state index in [0.717, 1.165) is 10.9 Å². The first-order valence-electron chi connectivity index (χ1n) is 18.7. The first-order valence-corrected chi connectivity index (χ1v) is 22.0. The Morgan fingerprint density at radius 3 is 2.38 bits per heavy atom. The summed E-state index contributed by atoms with van der Waals surface area (Å²) in [6.45, 7) is 16.7. The van der Waals surface area contributed by atoms with Gasteiger partial charge in [0, 0.05) is 41.6 Å². The van der Waals surface area contributed by atoms with Crippen molar-refractivity contribution in [1.29, 1.82) is 5.26 Å². The molecule has 0 bridgehead atoms. The number of amides is 2. The van der Waals surface area contributed by atoms with Crippen LogP contribution in [0.1, 0.15) is 103 Å². The zero-order valence-electron chi connectivity index (χ0n) is 33.1. The minimum absolute atomic E-state index is 0.00179. The molecule has 2 N–H and O–H groups in total. The van der Waals surface area contributed by atoms with E-state index in [0.29, 0.717) is 41.5 Å². The van der Waals surface area contributed by atoms with E-state index in [-0.39, 0.29) is 49.0 Å². The third-order valence-electron chi connectivity index (χ3n) is 9.53. The van der Waals surface area contributed by atoms with Crippen LogP contribution in [0.5, 0.6) is 0 Å². The van der Waals surface area contributed by atoms with Crippen LogP contribution in [0.15, 0.2) is 35.1 Å². The number of carbonyl (C=O) groups is 4. The lowest BCUT2D eigenvalue weighted by atomic mass is 9.85. The van der Waals surface area contributed by atoms with Crippen molar-refractivity contribution >= 4 is 48.8 Å². The van der Waals surface area contributed by atoms with Gasteiger partial charge < -0.3 is 28.8 Å². The van der Waals surface area contributed by atoms with Crippen LogP contribution in [-0.2, 0) is 40.7 Å². The van der Waals surface area contributed by atoms with Crippen molar-refractivity contribution in [3.8, 4) is 17.5 Å². The molecule has 2 aromatic heterocycles. The molecule has 0 fully saturated rings. The lowest BCUT2D eigenvalue weighted by Crippen LogP contribution is -2.53. The fourth-order valence-corrected chi connectivity index (χ4v) is 9.83. The standard InChI is InChI=1S/C40H51N5O9Si/c1-10-40(52-30(46)14-13-18-42-36(49)53-38(2,3)4)27-22-29-32-25(20-24-21-26(15-16-28(24)44-32)43-37(50)54-39(5,6)7)23-45(29)33(47)31(27)34(51-35(40)48)55(8,9)19-12-11-17-41/h15-16,20-22,34H,10-14,18-19,23H2,1-9H3,(H,42,49)(H,43,50). The number of unbranched alkanes of at least 4 members (excludes halogenated alkanes) is 1. The van der Waals surface area contributed by atoms with Crippen LogP contribution in [0.2, 0.25) is 19.1 Å². The highest BCUT2D eigenvalue weighted by molar-refractivity contribution is 6.78. The van der Waals surface area contributed by atoms with Crippen LogP contribution in [0, 0.1) is 11.3 Å². The zero-order chi connectivity index (χ0) is 40.5. The molecule has 3 aromatic rings. The number of anilines is 1. The summed E-state index contributed by atoms with van der Waals surface area (Å²) in [5.41, 5.74) is -1.01. The Morgan fingerprint density at radius 2 is 1.73 bits per heavy atom. The van der Waals surface area contributed by atoms with Gasteiger partial charge in [-0.25, -0.2) is 19.4 Å². The number of pyridine rings is 2. The van der Waals surface area contributed by atoms with Crippen molar-refractivity contribution < 1.29 is 38.1 Å². The number of aromatic nitrogens is 2. The molecule has 5 rings (SSSR count). The van der Waals surface area contributed by atoms with Gasteiger partial charge in [-0.1, -0.05) is 26.1 Å². The van der Waals surface area contributed by atoms with E-state index in [4.69, 9.17) is 23.9 Å². The van der Waals surface area contributed by atoms with E-state index in [2.05, 4.69) is 16.7 Å². The van der Waals surface area contributed by atoms with Crippen molar-refractivity contribution in [1.82, 2.24) is 14.9 Å². The fourth-order valence-electron chi connectivity index (χ4n) is 7.00. The maximum Gasteiger partial charge on any atom is 0.412 e. The average molecular weight is 774 g/mol. The summed E-state index contributed by atoms with van der Waals surface area (Å²) in [4.78, 5) is 71.9. The third kappa shape index (κ3) is 9.02. The van der Waals surface area contributed by atoms with Crippen molar-refractivity contribution in [3.05, 3.63) is 57.4 Å². The number of cyclic esters (lactones) is 1. The molecule has 55 heavy (non-hydrogen) atoms. The highest BCUT2D eigenvalue weighted by Gasteiger charge is 2.56. The number of rotatable bonds is 11. The number of hydrogen-bond acceptors (Lipinski definition) is 11. The number of nitrogens with one attached hydrogen (secondary N) is 2. The van der Waals surface area contributed by atoms with Gasteiger partial charge in [0.1, 0.15) is 25.0 Å². The Balaban J connectivity index is 1.53. The average Bonchev–Trinajstić information content (AvgIpc) is 3.42.